The van der Waals surface area contributed by atoms with Crippen LogP contribution >= 0.6 is 11.3 Å². The Bertz CT molecular complexity index is 526. The molecular formula is C17H23NO2S. The molecule has 0 amide bonds. The highest BCUT2D eigenvalue weighted by molar-refractivity contribution is 7.09. The molecule has 0 aliphatic rings. The van der Waals surface area contributed by atoms with E-state index < -0.39 is 0 Å². The van der Waals surface area contributed by atoms with Crippen LogP contribution in [0.1, 0.15) is 23.8 Å². The molecule has 0 aliphatic carbocycles. The van der Waals surface area contributed by atoms with Gasteiger partial charge in [-0.1, -0.05) is 19.1 Å². The molecular weight excluding hydrogens is 282 g/mol. The quantitative estimate of drug-likeness (QED) is 0.713. The Morgan fingerprint density at radius 3 is 2.81 bits per heavy atom. The van der Waals surface area contributed by atoms with E-state index in [2.05, 4.69) is 41.9 Å². The van der Waals surface area contributed by atoms with E-state index in [1.807, 2.05) is 6.07 Å². The van der Waals surface area contributed by atoms with Gasteiger partial charge in [0.15, 0.2) is 11.5 Å². The predicted octanol–water partition coefficient (Wildman–Crippen LogP) is 3.88. The summed E-state index contributed by atoms with van der Waals surface area (Å²) in [6.45, 7) is 4.72. The van der Waals surface area contributed by atoms with E-state index in [1.165, 1.54) is 10.4 Å². The van der Waals surface area contributed by atoms with Crippen molar-refractivity contribution in [1.82, 2.24) is 5.32 Å². The third-order valence-electron chi connectivity index (χ3n) is 3.17. The van der Waals surface area contributed by atoms with Gasteiger partial charge >= 0.3 is 0 Å². The van der Waals surface area contributed by atoms with Gasteiger partial charge in [-0.25, -0.2) is 0 Å². The first-order chi connectivity index (χ1) is 10.3. The molecule has 0 unspecified atom stereocenters. The summed E-state index contributed by atoms with van der Waals surface area (Å²) in [4.78, 5) is 1.34. The summed E-state index contributed by atoms with van der Waals surface area (Å²) >= 11 is 1.76. The molecule has 1 N–H and O–H groups in total. The Labute approximate surface area is 130 Å². The van der Waals surface area contributed by atoms with Crippen LogP contribution in [0, 0.1) is 0 Å². The van der Waals surface area contributed by atoms with Crippen LogP contribution in [0.3, 0.4) is 0 Å². The van der Waals surface area contributed by atoms with E-state index >= 15 is 0 Å². The highest BCUT2D eigenvalue weighted by Gasteiger charge is 2.06. The largest absolute Gasteiger partial charge is 0.493 e. The number of nitrogens with one attached hydrogen (secondary N) is 1. The maximum atomic E-state index is 5.90. The van der Waals surface area contributed by atoms with Crippen molar-refractivity contribution in [1.29, 1.82) is 0 Å². The number of thiophene rings is 1. The zero-order valence-corrected chi connectivity index (χ0v) is 13.5. The highest BCUT2D eigenvalue weighted by atomic mass is 32.1. The van der Waals surface area contributed by atoms with Crippen molar-refractivity contribution in [3.63, 3.8) is 0 Å². The molecule has 2 aromatic rings. The Morgan fingerprint density at radius 1 is 1.19 bits per heavy atom. The third-order valence-corrected chi connectivity index (χ3v) is 4.11. The Hall–Kier alpha value is -1.52. The zero-order chi connectivity index (χ0) is 14.9. The SMILES string of the molecule is CCCNCc1ccc(OC)c(OCCc2cccs2)c1. The van der Waals surface area contributed by atoms with E-state index in [-0.39, 0.29) is 0 Å². The number of methoxy groups -OCH3 is 1. The van der Waals surface area contributed by atoms with Gasteiger partial charge in [-0.05, 0) is 42.1 Å². The Balaban J connectivity index is 1.93. The molecule has 0 radical (unpaired) electrons. The van der Waals surface area contributed by atoms with Gasteiger partial charge in [-0.2, -0.15) is 0 Å². The molecule has 0 atom stereocenters. The van der Waals surface area contributed by atoms with Crippen LogP contribution in [-0.4, -0.2) is 20.3 Å². The lowest BCUT2D eigenvalue weighted by Gasteiger charge is -2.12. The molecule has 0 saturated heterocycles. The van der Waals surface area contributed by atoms with Gasteiger partial charge in [-0.15, -0.1) is 11.3 Å². The van der Waals surface area contributed by atoms with Crippen LogP contribution in [0.4, 0.5) is 0 Å². The van der Waals surface area contributed by atoms with Crippen LogP contribution in [0.2, 0.25) is 0 Å². The van der Waals surface area contributed by atoms with Gasteiger partial charge in [0.25, 0.3) is 0 Å². The first-order valence-corrected chi connectivity index (χ1v) is 8.24. The molecule has 1 aromatic heterocycles. The molecule has 1 aromatic carbocycles. The number of benzene rings is 1. The second kappa shape index (κ2) is 8.70. The van der Waals surface area contributed by atoms with E-state index in [0.29, 0.717) is 6.61 Å². The van der Waals surface area contributed by atoms with Crippen molar-refractivity contribution in [2.75, 3.05) is 20.3 Å². The Morgan fingerprint density at radius 2 is 2.10 bits per heavy atom. The summed E-state index contributed by atoms with van der Waals surface area (Å²) in [5.74, 6) is 1.62. The fourth-order valence-electron chi connectivity index (χ4n) is 2.07. The van der Waals surface area contributed by atoms with Crippen molar-refractivity contribution in [3.8, 4) is 11.5 Å². The summed E-state index contributed by atoms with van der Waals surface area (Å²) in [6.07, 6.45) is 2.07. The smallest absolute Gasteiger partial charge is 0.161 e. The minimum Gasteiger partial charge on any atom is -0.493 e. The fraction of sp³-hybridized carbons (Fsp3) is 0.412. The van der Waals surface area contributed by atoms with Gasteiger partial charge in [0.2, 0.25) is 0 Å². The molecule has 0 spiro atoms. The van der Waals surface area contributed by atoms with Gasteiger partial charge in [0.1, 0.15) is 0 Å². The molecule has 3 nitrogen and oxygen atoms in total. The average molecular weight is 305 g/mol. The van der Waals surface area contributed by atoms with Crippen molar-refractivity contribution in [2.45, 2.75) is 26.3 Å². The minimum atomic E-state index is 0.669. The van der Waals surface area contributed by atoms with Gasteiger partial charge in [0, 0.05) is 17.8 Å². The maximum Gasteiger partial charge on any atom is 0.161 e. The summed E-state index contributed by atoms with van der Waals surface area (Å²) in [5, 5.41) is 5.49. The van der Waals surface area contributed by atoms with Gasteiger partial charge in [0.05, 0.1) is 13.7 Å². The van der Waals surface area contributed by atoms with Crippen molar-refractivity contribution < 1.29 is 9.47 Å². The maximum absolute atomic E-state index is 5.90. The summed E-state index contributed by atoms with van der Waals surface area (Å²) < 4.78 is 11.3. The number of hydrogen-bond acceptors (Lipinski definition) is 4. The monoisotopic (exact) mass is 305 g/mol. The van der Waals surface area contributed by atoms with Crippen LogP contribution < -0.4 is 14.8 Å². The molecule has 0 aliphatic heterocycles. The van der Waals surface area contributed by atoms with Crippen LogP contribution in [0.15, 0.2) is 35.7 Å². The number of ether oxygens (including phenoxy) is 2. The van der Waals surface area contributed by atoms with Crippen LogP contribution in [-0.2, 0) is 13.0 Å². The fourth-order valence-corrected chi connectivity index (χ4v) is 2.76. The third kappa shape index (κ3) is 5.06. The second-order valence-electron chi connectivity index (χ2n) is 4.84. The van der Waals surface area contributed by atoms with Crippen molar-refractivity contribution in [3.05, 3.63) is 46.2 Å². The topological polar surface area (TPSA) is 30.5 Å². The van der Waals surface area contributed by atoms with Crippen LogP contribution in [0.25, 0.3) is 0 Å². The molecule has 0 fully saturated rings. The summed E-state index contributed by atoms with van der Waals surface area (Å²) in [5.41, 5.74) is 1.22. The summed E-state index contributed by atoms with van der Waals surface area (Å²) in [7, 11) is 1.68. The lowest BCUT2D eigenvalue weighted by atomic mass is 10.2. The lowest BCUT2D eigenvalue weighted by molar-refractivity contribution is 0.298. The standard InChI is InChI=1S/C17H23NO2S/c1-3-9-18-13-14-6-7-16(19-2)17(12-14)20-10-8-15-5-4-11-21-15/h4-7,11-12,18H,3,8-10,13H2,1-2H3. The first kappa shape index (κ1) is 15.9. The first-order valence-electron chi connectivity index (χ1n) is 7.36. The molecule has 2 rings (SSSR count). The highest BCUT2D eigenvalue weighted by Crippen LogP contribution is 2.28. The van der Waals surface area contributed by atoms with Gasteiger partial charge in [-0.3, -0.25) is 0 Å². The molecule has 0 saturated carbocycles. The van der Waals surface area contributed by atoms with E-state index in [9.17, 15) is 0 Å². The molecule has 21 heavy (non-hydrogen) atoms. The van der Waals surface area contributed by atoms with E-state index in [0.717, 1.165) is 37.4 Å². The predicted molar refractivity (Wildman–Crippen MR) is 88.5 cm³/mol. The van der Waals surface area contributed by atoms with Gasteiger partial charge < -0.3 is 14.8 Å². The van der Waals surface area contributed by atoms with Crippen LogP contribution in [0.5, 0.6) is 11.5 Å². The van der Waals surface area contributed by atoms with E-state index in [4.69, 9.17) is 9.47 Å². The normalized spacial score (nSPS) is 10.6. The minimum absolute atomic E-state index is 0.669. The Kier molecular flexibility index (Phi) is 6.57. The zero-order valence-electron chi connectivity index (χ0n) is 12.7. The molecule has 0 bridgehead atoms. The second-order valence-corrected chi connectivity index (χ2v) is 5.87. The molecule has 114 valence electrons. The number of rotatable bonds is 9. The number of hydrogen-bond donors (Lipinski definition) is 1. The lowest BCUT2D eigenvalue weighted by Crippen LogP contribution is -2.14. The molecule has 1 heterocycles. The van der Waals surface area contributed by atoms with E-state index in [1.54, 1.807) is 18.4 Å². The van der Waals surface area contributed by atoms with Crippen molar-refractivity contribution >= 4 is 11.3 Å². The average Bonchev–Trinajstić information content (AvgIpc) is 3.01. The van der Waals surface area contributed by atoms with Crippen molar-refractivity contribution in [2.24, 2.45) is 0 Å². The summed E-state index contributed by atoms with van der Waals surface area (Å²) in [6, 6.07) is 10.3. The molecule has 4 heteroatoms.